The number of hydrogen-bond donors (Lipinski definition) is 3. The van der Waals surface area contributed by atoms with Crippen LogP contribution in [0.5, 0.6) is 0 Å². The van der Waals surface area contributed by atoms with Crippen molar-refractivity contribution < 1.29 is 14.0 Å². The van der Waals surface area contributed by atoms with E-state index < -0.39 is 11.8 Å². The van der Waals surface area contributed by atoms with Crippen LogP contribution in [-0.4, -0.2) is 22.5 Å². The van der Waals surface area contributed by atoms with Crippen molar-refractivity contribution in [3.05, 3.63) is 64.7 Å². The Kier molecular flexibility index (Phi) is 4.62. The second kappa shape index (κ2) is 7.24. The normalized spacial score (nSPS) is 14.7. The number of nitrogens with zero attached hydrogens (tertiary/aromatic N) is 2. The van der Waals surface area contributed by atoms with Crippen molar-refractivity contribution in [2.75, 3.05) is 0 Å². The van der Waals surface area contributed by atoms with E-state index >= 15 is 0 Å². The quantitative estimate of drug-likeness (QED) is 0.367. The summed E-state index contributed by atoms with van der Waals surface area (Å²) in [6.07, 6.45) is 2.18. The molecular formula is C20H19N5O3. The van der Waals surface area contributed by atoms with Gasteiger partial charge in [0, 0.05) is 22.9 Å². The lowest BCUT2D eigenvalue weighted by molar-refractivity contribution is 0.0921. The Morgan fingerprint density at radius 2 is 1.96 bits per heavy atom. The summed E-state index contributed by atoms with van der Waals surface area (Å²) in [6, 6.07) is 11.1. The predicted molar refractivity (Wildman–Crippen MR) is 104 cm³/mol. The summed E-state index contributed by atoms with van der Waals surface area (Å²) in [5, 5.41) is 5.25. The molecule has 0 unspecified atom stereocenters. The highest BCUT2D eigenvalue weighted by molar-refractivity contribution is 6.07. The number of rotatable bonds is 3. The van der Waals surface area contributed by atoms with Gasteiger partial charge in [0.05, 0.1) is 11.2 Å². The highest BCUT2D eigenvalue weighted by atomic mass is 16.4. The van der Waals surface area contributed by atoms with E-state index in [0.717, 1.165) is 22.9 Å². The van der Waals surface area contributed by atoms with E-state index in [1.165, 1.54) is 0 Å². The topological polar surface area (TPSA) is 123 Å². The summed E-state index contributed by atoms with van der Waals surface area (Å²) in [5.41, 5.74) is 7.78. The van der Waals surface area contributed by atoms with Crippen LogP contribution >= 0.6 is 0 Å². The van der Waals surface area contributed by atoms with Gasteiger partial charge in [-0.3, -0.25) is 15.0 Å². The van der Waals surface area contributed by atoms with Gasteiger partial charge < -0.3 is 4.42 Å². The number of amides is 2. The van der Waals surface area contributed by atoms with Gasteiger partial charge in [-0.05, 0) is 31.9 Å². The fourth-order valence-electron chi connectivity index (χ4n) is 3.43. The van der Waals surface area contributed by atoms with Crippen LogP contribution < -0.4 is 16.7 Å². The molecule has 2 aromatic heterocycles. The molecule has 0 aliphatic heterocycles. The smallest absolute Gasteiger partial charge is 0.301 e. The average molecular weight is 377 g/mol. The van der Waals surface area contributed by atoms with E-state index in [0.29, 0.717) is 29.9 Å². The van der Waals surface area contributed by atoms with Crippen LogP contribution in [0.3, 0.4) is 0 Å². The number of aromatic nitrogens is 1. The Bertz CT molecular complexity index is 1120. The maximum absolute atomic E-state index is 12.5. The average Bonchev–Trinajstić information content (AvgIpc) is 3.08. The molecule has 8 heteroatoms. The third kappa shape index (κ3) is 3.14. The number of hydrazine groups is 1. The minimum atomic E-state index is -0.490. The largest absolute Gasteiger partial charge is 0.455 e. The summed E-state index contributed by atoms with van der Waals surface area (Å²) in [6.45, 7) is 1.78. The molecule has 3 aromatic rings. The van der Waals surface area contributed by atoms with Crippen molar-refractivity contribution >= 4 is 28.4 Å². The number of furan rings is 1. The molecule has 0 saturated heterocycles. The van der Waals surface area contributed by atoms with Gasteiger partial charge in [-0.15, -0.1) is 0 Å². The van der Waals surface area contributed by atoms with Crippen LogP contribution in [0.2, 0.25) is 0 Å². The van der Waals surface area contributed by atoms with Gasteiger partial charge in [-0.25, -0.2) is 16.3 Å². The molecule has 1 aromatic carbocycles. The Labute approximate surface area is 160 Å². The number of aryl methyl sites for hydroxylation is 1. The molecule has 2 heterocycles. The minimum Gasteiger partial charge on any atom is -0.455 e. The standard InChI is InChI=1S/C20H19N5O3/c1-11-17-14(7-4-8-16(17)28-18(11)20(27)23-21)24-25-19(26)15-10-9-12-5-2-3-6-13(12)22-15/h2-3,5-6,9-10H,4,7-8,21H2,1H3,(H,23,27)(H,25,26)/b24-14+. The molecule has 0 atom stereocenters. The number of nitrogens with one attached hydrogen (secondary N) is 2. The summed E-state index contributed by atoms with van der Waals surface area (Å²) >= 11 is 0. The number of para-hydroxylation sites is 1. The number of benzene rings is 1. The Morgan fingerprint density at radius 3 is 2.79 bits per heavy atom. The number of nitrogens with two attached hydrogens (primary N) is 1. The monoisotopic (exact) mass is 377 g/mol. The van der Waals surface area contributed by atoms with Gasteiger partial charge in [-0.1, -0.05) is 24.3 Å². The lowest BCUT2D eigenvalue weighted by Gasteiger charge is -2.13. The number of carbonyl (C=O) groups excluding carboxylic acids is 2. The third-order valence-corrected chi connectivity index (χ3v) is 4.79. The zero-order valence-electron chi connectivity index (χ0n) is 15.3. The zero-order chi connectivity index (χ0) is 19.7. The van der Waals surface area contributed by atoms with Crippen LogP contribution in [0.15, 0.2) is 45.9 Å². The number of nitrogen functional groups attached to an aromatic ring is 1. The molecule has 0 fully saturated rings. The number of carbonyl (C=O) groups is 2. The summed E-state index contributed by atoms with van der Waals surface area (Å²) in [4.78, 5) is 28.7. The van der Waals surface area contributed by atoms with Crippen LogP contribution in [-0.2, 0) is 6.42 Å². The van der Waals surface area contributed by atoms with Gasteiger partial charge in [0.15, 0.2) is 5.76 Å². The summed E-state index contributed by atoms with van der Waals surface area (Å²) in [7, 11) is 0. The molecule has 0 spiro atoms. The molecule has 4 rings (SSSR count). The van der Waals surface area contributed by atoms with Gasteiger partial charge >= 0.3 is 5.91 Å². The van der Waals surface area contributed by atoms with E-state index in [-0.39, 0.29) is 11.5 Å². The maximum atomic E-state index is 12.5. The molecule has 28 heavy (non-hydrogen) atoms. The first kappa shape index (κ1) is 17.9. The maximum Gasteiger partial charge on any atom is 0.301 e. The molecule has 2 amide bonds. The first-order valence-electron chi connectivity index (χ1n) is 8.94. The molecular weight excluding hydrogens is 358 g/mol. The fourth-order valence-corrected chi connectivity index (χ4v) is 3.43. The predicted octanol–water partition coefficient (Wildman–Crippen LogP) is 2.21. The number of fused-ring (bicyclic) bond motifs is 2. The van der Waals surface area contributed by atoms with E-state index in [4.69, 9.17) is 10.3 Å². The Morgan fingerprint density at radius 1 is 1.14 bits per heavy atom. The van der Waals surface area contributed by atoms with Gasteiger partial charge in [-0.2, -0.15) is 5.10 Å². The molecule has 0 saturated carbocycles. The van der Waals surface area contributed by atoms with Crippen molar-refractivity contribution in [3.8, 4) is 0 Å². The highest BCUT2D eigenvalue weighted by Crippen LogP contribution is 2.29. The van der Waals surface area contributed by atoms with Crippen molar-refractivity contribution in [2.45, 2.75) is 26.2 Å². The van der Waals surface area contributed by atoms with Crippen LogP contribution in [0.1, 0.15) is 50.8 Å². The van der Waals surface area contributed by atoms with Gasteiger partial charge in [0.1, 0.15) is 11.5 Å². The lowest BCUT2D eigenvalue weighted by Crippen LogP contribution is -2.30. The SMILES string of the molecule is Cc1c(C(=O)NN)oc2c1/C(=N/NC(=O)c1ccc3ccccc3n1)CCC2. The zero-order valence-corrected chi connectivity index (χ0v) is 15.3. The van der Waals surface area contributed by atoms with Crippen molar-refractivity contribution in [2.24, 2.45) is 10.9 Å². The number of hydrogen-bond acceptors (Lipinski definition) is 6. The van der Waals surface area contributed by atoms with Crippen LogP contribution in [0.25, 0.3) is 10.9 Å². The van der Waals surface area contributed by atoms with Crippen molar-refractivity contribution in [1.29, 1.82) is 0 Å². The van der Waals surface area contributed by atoms with E-state index in [9.17, 15) is 9.59 Å². The summed E-state index contributed by atoms with van der Waals surface area (Å²) in [5.74, 6) is 5.18. The fraction of sp³-hybridized carbons (Fsp3) is 0.200. The second-order valence-electron chi connectivity index (χ2n) is 6.57. The lowest BCUT2D eigenvalue weighted by atomic mass is 9.93. The first-order valence-corrected chi connectivity index (χ1v) is 8.94. The van der Waals surface area contributed by atoms with E-state index in [1.54, 1.807) is 13.0 Å². The number of pyridine rings is 1. The van der Waals surface area contributed by atoms with E-state index in [1.807, 2.05) is 30.3 Å². The first-order chi connectivity index (χ1) is 13.6. The van der Waals surface area contributed by atoms with Gasteiger partial charge in [0.2, 0.25) is 0 Å². The Balaban J connectivity index is 1.61. The number of hydrazone groups is 1. The second-order valence-corrected chi connectivity index (χ2v) is 6.57. The van der Waals surface area contributed by atoms with Gasteiger partial charge in [0.25, 0.3) is 5.91 Å². The summed E-state index contributed by atoms with van der Waals surface area (Å²) < 4.78 is 5.66. The molecule has 1 aliphatic rings. The van der Waals surface area contributed by atoms with Crippen molar-refractivity contribution in [3.63, 3.8) is 0 Å². The third-order valence-electron chi connectivity index (χ3n) is 4.79. The van der Waals surface area contributed by atoms with Crippen LogP contribution in [0, 0.1) is 6.92 Å². The van der Waals surface area contributed by atoms with E-state index in [2.05, 4.69) is 20.9 Å². The molecule has 142 valence electrons. The molecule has 1 aliphatic carbocycles. The molecule has 8 nitrogen and oxygen atoms in total. The highest BCUT2D eigenvalue weighted by Gasteiger charge is 2.27. The Hall–Kier alpha value is -3.52. The molecule has 4 N–H and O–H groups in total. The molecule has 0 bridgehead atoms. The molecule has 0 radical (unpaired) electrons. The van der Waals surface area contributed by atoms with Crippen LogP contribution in [0.4, 0.5) is 0 Å². The minimum absolute atomic E-state index is 0.171. The van der Waals surface area contributed by atoms with Crippen molar-refractivity contribution in [1.82, 2.24) is 15.8 Å².